The molecule has 0 aromatic heterocycles. The molecule has 0 aliphatic carbocycles. The van der Waals surface area contributed by atoms with Crippen LogP contribution in [0.15, 0.2) is 4.99 Å². The summed E-state index contributed by atoms with van der Waals surface area (Å²) < 4.78 is 38.6. The Balaban J connectivity index is 4.56. The van der Waals surface area contributed by atoms with Gasteiger partial charge in [0.05, 0.1) is 0 Å². The molecule has 90 valence electrons. The van der Waals surface area contributed by atoms with E-state index in [2.05, 4.69) is 14.5 Å². The zero-order chi connectivity index (χ0) is 12.6. The van der Waals surface area contributed by atoms with E-state index in [1.807, 2.05) is 0 Å². The van der Waals surface area contributed by atoms with Crippen LogP contribution in [0.25, 0.3) is 0 Å². The molecule has 0 saturated heterocycles. The second kappa shape index (κ2) is 7.23. The van der Waals surface area contributed by atoms with E-state index in [1.54, 1.807) is 6.92 Å². The first-order chi connectivity index (χ1) is 7.40. The van der Waals surface area contributed by atoms with Crippen molar-refractivity contribution in [3.8, 4) is 0 Å². The number of rotatable bonds is 7. The van der Waals surface area contributed by atoms with Gasteiger partial charge in [-0.15, -0.1) is 0 Å². The molecular formula is C7H13BN2O5S. The molecule has 0 aliphatic heterocycles. The summed E-state index contributed by atoms with van der Waals surface area (Å²) in [6.07, 6.45) is 1.86. The van der Waals surface area contributed by atoms with Crippen molar-refractivity contribution in [1.82, 2.24) is 4.72 Å². The maximum atomic E-state index is 11.3. The Kier molecular flexibility index (Phi) is 6.74. The number of aliphatic imine (C=N–C) groups is 1. The van der Waals surface area contributed by atoms with Crippen LogP contribution in [0.2, 0.25) is 0 Å². The van der Waals surface area contributed by atoms with Crippen molar-refractivity contribution in [2.45, 2.75) is 13.0 Å². The van der Waals surface area contributed by atoms with Gasteiger partial charge >= 0.3 is 94.0 Å². The molecule has 1 atom stereocenters. The van der Waals surface area contributed by atoms with Crippen molar-refractivity contribution in [3.63, 3.8) is 0 Å². The van der Waals surface area contributed by atoms with E-state index in [0.717, 1.165) is 12.4 Å². The SMILES string of the molecule is CCOC(=O)C(CN=CB=O)NS(C)(=O)=O. The average Bonchev–Trinajstić information content (AvgIpc) is 2.15. The number of carbonyl (C=O) groups is 1. The number of hydrogen-bond acceptors (Lipinski definition) is 6. The van der Waals surface area contributed by atoms with Gasteiger partial charge in [0.2, 0.25) is 0 Å². The van der Waals surface area contributed by atoms with Crippen LogP contribution in [0.3, 0.4) is 0 Å². The zero-order valence-corrected chi connectivity index (χ0v) is 9.86. The summed E-state index contributed by atoms with van der Waals surface area (Å²) in [4.78, 5) is 14.9. The van der Waals surface area contributed by atoms with E-state index >= 15 is 0 Å². The summed E-state index contributed by atoms with van der Waals surface area (Å²) in [6.45, 7) is 1.56. The molecule has 0 heterocycles. The molecule has 0 rings (SSSR count). The number of carbonyl (C=O) groups excluding carboxylic acids is 1. The Morgan fingerprint density at radius 2 is 2.25 bits per heavy atom. The normalized spacial score (nSPS) is 13.4. The number of nitrogens with zero attached hydrogens (tertiary/aromatic N) is 1. The quantitative estimate of drug-likeness (QED) is 0.337. The van der Waals surface area contributed by atoms with Gasteiger partial charge in [0, 0.05) is 0 Å². The summed E-state index contributed by atoms with van der Waals surface area (Å²) in [5.74, 6) is -0.726. The third kappa shape index (κ3) is 7.24. The van der Waals surface area contributed by atoms with E-state index in [-0.39, 0.29) is 13.2 Å². The van der Waals surface area contributed by atoms with Crippen molar-refractivity contribution in [3.05, 3.63) is 0 Å². The van der Waals surface area contributed by atoms with Gasteiger partial charge in [-0.2, -0.15) is 0 Å². The molecule has 16 heavy (non-hydrogen) atoms. The summed E-state index contributed by atoms with van der Waals surface area (Å²) >= 11 is 0. The zero-order valence-electron chi connectivity index (χ0n) is 9.04. The molecule has 0 aliphatic rings. The molecule has 0 fully saturated rings. The molecular weight excluding hydrogens is 235 g/mol. The number of hydrogen-bond donors (Lipinski definition) is 1. The van der Waals surface area contributed by atoms with Crippen molar-refractivity contribution < 1.29 is 22.7 Å². The number of ether oxygens (including phenoxy) is 1. The average molecular weight is 248 g/mol. The Labute approximate surface area is 94.6 Å². The summed E-state index contributed by atoms with van der Waals surface area (Å²) in [5, 5.41) is 0. The van der Waals surface area contributed by atoms with Gasteiger partial charge < -0.3 is 0 Å². The predicted octanol–water partition coefficient (Wildman–Crippen LogP) is -1.45. The van der Waals surface area contributed by atoms with Gasteiger partial charge in [-0.3, -0.25) is 0 Å². The van der Waals surface area contributed by atoms with Crippen LogP contribution in [0.1, 0.15) is 6.92 Å². The van der Waals surface area contributed by atoms with Gasteiger partial charge in [0.1, 0.15) is 0 Å². The number of esters is 1. The van der Waals surface area contributed by atoms with Gasteiger partial charge in [-0.1, -0.05) is 0 Å². The minimum atomic E-state index is -3.54. The molecule has 0 amide bonds. The molecule has 0 spiro atoms. The first-order valence-electron chi connectivity index (χ1n) is 4.48. The summed E-state index contributed by atoms with van der Waals surface area (Å²) in [7, 11) is -3.10. The first kappa shape index (κ1) is 14.9. The van der Waals surface area contributed by atoms with Crippen LogP contribution in [0, 0.1) is 0 Å². The fraction of sp³-hybridized carbons (Fsp3) is 0.714. The third-order valence-electron chi connectivity index (χ3n) is 1.38. The molecule has 0 saturated carbocycles. The number of nitrogens with one attached hydrogen (secondary N) is 1. The summed E-state index contributed by atoms with van der Waals surface area (Å²) in [6, 6.07) is -1.11. The van der Waals surface area contributed by atoms with Crippen LogP contribution in [-0.4, -0.2) is 53.1 Å². The minimum absolute atomic E-state index is 0.137. The molecule has 1 unspecified atom stereocenters. The second-order valence-electron chi connectivity index (χ2n) is 2.84. The Bertz CT molecular complexity index is 367. The van der Waals surface area contributed by atoms with E-state index in [1.165, 1.54) is 0 Å². The first-order valence-corrected chi connectivity index (χ1v) is 6.37. The topological polar surface area (TPSA) is 102 Å². The molecule has 1 N–H and O–H groups in total. The van der Waals surface area contributed by atoms with Crippen LogP contribution in [0.5, 0.6) is 0 Å². The Morgan fingerprint density at radius 3 is 2.69 bits per heavy atom. The standard InChI is InChI=1S/C7H13BN2O5S/c1-3-15-7(11)6(4-9-5-8-12)10-16(2,13)14/h5-6,10H,3-4H2,1-2H3. The van der Waals surface area contributed by atoms with Crippen LogP contribution >= 0.6 is 0 Å². The van der Waals surface area contributed by atoms with Gasteiger partial charge in [-0.25, -0.2) is 0 Å². The Morgan fingerprint density at radius 1 is 1.62 bits per heavy atom. The van der Waals surface area contributed by atoms with Gasteiger partial charge in [-0.05, 0) is 0 Å². The fourth-order valence-electron chi connectivity index (χ4n) is 0.870. The van der Waals surface area contributed by atoms with Crippen molar-refractivity contribution in [2.24, 2.45) is 4.99 Å². The molecule has 0 radical (unpaired) electrons. The van der Waals surface area contributed by atoms with Crippen LogP contribution in [0.4, 0.5) is 0 Å². The molecule has 7 nitrogen and oxygen atoms in total. The van der Waals surface area contributed by atoms with E-state index < -0.39 is 22.0 Å². The summed E-state index contributed by atoms with van der Waals surface area (Å²) in [5.41, 5.74) is 0. The monoisotopic (exact) mass is 248 g/mol. The predicted molar refractivity (Wildman–Crippen MR) is 58.2 cm³/mol. The van der Waals surface area contributed by atoms with Crippen LogP contribution in [-0.2, 0) is 24.3 Å². The molecule has 9 heteroatoms. The van der Waals surface area contributed by atoms with E-state index in [9.17, 15) is 17.9 Å². The second-order valence-corrected chi connectivity index (χ2v) is 4.62. The van der Waals surface area contributed by atoms with Gasteiger partial charge in [0.25, 0.3) is 0 Å². The van der Waals surface area contributed by atoms with Crippen LogP contribution < -0.4 is 4.72 Å². The molecule has 0 aromatic rings. The fourth-order valence-corrected chi connectivity index (χ4v) is 1.56. The van der Waals surface area contributed by atoms with Gasteiger partial charge in [0.15, 0.2) is 0 Å². The third-order valence-corrected chi connectivity index (χ3v) is 2.09. The number of sulfonamides is 1. The molecule has 0 aromatic carbocycles. The molecule has 0 bridgehead atoms. The maximum absolute atomic E-state index is 11.3. The van der Waals surface area contributed by atoms with E-state index in [4.69, 9.17) is 0 Å². The Hall–Kier alpha value is -1.09. The van der Waals surface area contributed by atoms with Crippen molar-refractivity contribution in [2.75, 3.05) is 19.4 Å². The van der Waals surface area contributed by atoms with Crippen molar-refractivity contribution in [1.29, 1.82) is 0 Å². The van der Waals surface area contributed by atoms with E-state index in [0.29, 0.717) is 7.15 Å². The van der Waals surface area contributed by atoms with Crippen molar-refractivity contribution >= 4 is 29.3 Å².